The molecule has 0 bridgehead atoms. The van der Waals surface area contributed by atoms with Crippen LogP contribution in [0.1, 0.15) is 11.1 Å². The van der Waals surface area contributed by atoms with Crippen molar-refractivity contribution < 1.29 is 9.50 Å². The van der Waals surface area contributed by atoms with Crippen molar-refractivity contribution in [2.45, 2.75) is 6.54 Å². The lowest BCUT2D eigenvalue weighted by atomic mass is 10.1. The van der Waals surface area contributed by atoms with E-state index in [0.29, 0.717) is 5.56 Å². The normalized spacial score (nSPS) is 17.0. The Balaban J connectivity index is 2.10. The lowest BCUT2D eigenvalue weighted by Gasteiger charge is -2.32. The van der Waals surface area contributed by atoms with Gasteiger partial charge >= 0.3 is 0 Å². The predicted molar refractivity (Wildman–Crippen MR) is 73.1 cm³/mol. The monoisotopic (exact) mass is 262 g/mol. The highest BCUT2D eigenvalue weighted by Crippen LogP contribution is 2.14. The van der Waals surface area contributed by atoms with Crippen LogP contribution in [0.15, 0.2) is 18.2 Å². The zero-order chi connectivity index (χ0) is 13.7. The van der Waals surface area contributed by atoms with Crippen molar-refractivity contribution in [3.05, 3.63) is 35.1 Å². The molecule has 0 spiro atoms. The second kappa shape index (κ2) is 6.67. The Hall–Kier alpha value is -1.41. The number of aliphatic hydroxyl groups excluding tert-OH is 1. The van der Waals surface area contributed by atoms with E-state index in [2.05, 4.69) is 28.7 Å². The maximum Gasteiger partial charge on any atom is 0.124 e. The van der Waals surface area contributed by atoms with Crippen LogP contribution in [0.2, 0.25) is 0 Å². The molecule has 19 heavy (non-hydrogen) atoms. The van der Waals surface area contributed by atoms with Crippen LogP contribution in [0, 0.1) is 17.7 Å². The van der Waals surface area contributed by atoms with E-state index < -0.39 is 0 Å². The van der Waals surface area contributed by atoms with Gasteiger partial charge in [-0.25, -0.2) is 4.39 Å². The molecule has 4 heteroatoms. The molecule has 1 aliphatic heterocycles. The smallest absolute Gasteiger partial charge is 0.124 e. The maximum atomic E-state index is 13.3. The quantitative estimate of drug-likeness (QED) is 0.803. The van der Waals surface area contributed by atoms with Crippen molar-refractivity contribution in [2.75, 3.05) is 39.8 Å². The number of hydrogen-bond donors (Lipinski definition) is 1. The first-order chi connectivity index (χ1) is 9.19. The fourth-order valence-corrected chi connectivity index (χ4v) is 2.18. The second-order valence-corrected chi connectivity index (χ2v) is 4.84. The zero-order valence-corrected chi connectivity index (χ0v) is 11.2. The first-order valence-electron chi connectivity index (χ1n) is 6.48. The van der Waals surface area contributed by atoms with E-state index in [9.17, 15) is 4.39 Å². The molecule has 0 saturated carbocycles. The molecule has 1 fully saturated rings. The molecule has 1 N–H and O–H groups in total. The summed E-state index contributed by atoms with van der Waals surface area (Å²) in [6, 6.07) is 4.69. The van der Waals surface area contributed by atoms with Gasteiger partial charge in [0.1, 0.15) is 12.4 Å². The summed E-state index contributed by atoms with van der Waals surface area (Å²) in [5, 5.41) is 8.76. The van der Waals surface area contributed by atoms with Crippen molar-refractivity contribution >= 4 is 0 Å². The lowest BCUT2D eigenvalue weighted by molar-refractivity contribution is 0.148. The Morgan fingerprint density at radius 1 is 1.26 bits per heavy atom. The fourth-order valence-electron chi connectivity index (χ4n) is 2.18. The zero-order valence-electron chi connectivity index (χ0n) is 11.2. The van der Waals surface area contributed by atoms with Crippen molar-refractivity contribution in [3.8, 4) is 11.8 Å². The maximum absolute atomic E-state index is 13.3. The van der Waals surface area contributed by atoms with E-state index >= 15 is 0 Å². The summed E-state index contributed by atoms with van der Waals surface area (Å²) in [6.45, 7) is 4.72. The van der Waals surface area contributed by atoms with Crippen molar-refractivity contribution in [1.82, 2.24) is 9.80 Å². The van der Waals surface area contributed by atoms with E-state index in [1.165, 1.54) is 12.1 Å². The minimum atomic E-state index is -0.288. The highest BCUT2D eigenvalue weighted by molar-refractivity contribution is 5.41. The molecule has 1 heterocycles. The van der Waals surface area contributed by atoms with Crippen LogP contribution in [0.5, 0.6) is 0 Å². The van der Waals surface area contributed by atoms with Crippen LogP contribution in [-0.4, -0.2) is 54.7 Å². The molecule has 1 saturated heterocycles. The van der Waals surface area contributed by atoms with Crippen LogP contribution in [0.3, 0.4) is 0 Å². The third kappa shape index (κ3) is 4.03. The number of halogens is 1. The van der Waals surface area contributed by atoms with Gasteiger partial charge in [0.2, 0.25) is 0 Å². The first kappa shape index (κ1) is 14.0. The minimum Gasteiger partial charge on any atom is -0.384 e. The van der Waals surface area contributed by atoms with Crippen molar-refractivity contribution in [1.29, 1.82) is 0 Å². The topological polar surface area (TPSA) is 26.7 Å². The standard InChI is InChI=1S/C15H19FN2O/c1-17-6-8-18(9-7-17)12-14-4-5-15(16)11-13(14)3-2-10-19/h4-5,11,19H,6-10,12H2,1H3. The number of hydrogen-bond acceptors (Lipinski definition) is 3. The Kier molecular flexibility index (Phi) is 4.92. The van der Waals surface area contributed by atoms with Gasteiger partial charge in [-0.3, -0.25) is 4.90 Å². The second-order valence-electron chi connectivity index (χ2n) is 4.84. The van der Waals surface area contributed by atoms with Gasteiger partial charge in [-0.05, 0) is 24.7 Å². The lowest BCUT2D eigenvalue weighted by Crippen LogP contribution is -2.43. The van der Waals surface area contributed by atoms with Gasteiger partial charge in [0.05, 0.1) is 0 Å². The number of benzene rings is 1. The van der Waals surface area contributed by atoms with Crippen LogP contribution >= 0.6 is 0 Å². The molecule has 1 aromatic rings. The predicted octanol–water partition coefficient (Wildman–Crippen LogP) is 0.917. The van der Waals surface area contributed by atoms with Gasteiger partial charge < -0.3 is 10.0 Å². The first-order valence-corrected chi connectivity index (χ1v) is 6.48. The number of piperazine rings is 1. The van der Waals surface area contributed by atoms with E-state index in [1.807, 2.05) is 0 Å². The summed E-state index contributed by atoms with van der Waals surface area (Å²) < 4.78 is 13.3. The van der Waals surface area contributed by atoms with Crippen molar-refractivity contribution in [3.63, 3.8) is 0 Å². The Bertz CT molecular complexity index is 485. The molecule has 102 valence electrons. The SMILES string of the molecule is CN1CCN(Cc2ccc(F)cc2C#CCO)CC1. The molecule has 3 nitrogen and oxygen atoms in total. The molecule has 0 unspecified atom stereocenters. The van der Waals surface area contributed by atoms with E-state index in [-0.39, 0.29) is 12.4 Å². The van der Waals surface area contributed by atoms with E-state index in [1.54, 1.807) is 6.07 Å². The molecular weight excluding hydrogens is 243 g/mol. The summed E-state index contributed by atoms with van der Waals surface area (Å²) in [4.78, 5) is 4.64. The summed E-state index contributed by atoms with van der Waals surface area (Å²) >= 11 is 0. The van der Waals surface area contributed by atoms with Crippen LogP contribution in [0.25, 0.3) is 0 Å². The fraction of sp³-hybridized carbons (Fsp3) is 0.467. The number of likely N-dealkylation sites (N-methyl/N-ethyl adjacent to an activating group) is 1. The number of nitrogens with zero attached hydrogens (tertiary/aromatic N) is 2. The van der Waals surface area contributed by atoms with Gasteiger partial charge in [-0.1, -0.05) is 17.9 Å². The Morgan fingerprint density at radius 3 is 2.68 bits per heavy atom. The third-order valence-electron chi connectivity index (χ3n) is 3.36. The largest absolute Gasteiger partial charge is 0.384 e. The molecule has 0 aliphatic carbocycles. The van der Waals surface area contributed by atoms with Crippen LogP contribution < -0.4 is 0 Å². The number of aliphatic hydroxyl groups is 1. The summed E-state index contributed by atoms with van der Waals surface area (Å²) in [7, 11) is 2.12. The summed E-state index contributed by atoms with van der Waals surface area (Å²) in [5.41, 5.74) is 1.69. The molecule has 0 aromatic heterocycles. The minimum absolute atomic E-state index is 0.204. The number of rotatable bonds is 2. The van der Waals surface area contributed by atoms with E-state index in [4.69, 9.17) is 5.11 Å². The Morgan fingerprint density at radius 2 is 2.00 bits per heavy atom. The molecular formula is C15H19FN2O. The highest BCUT2D eigenvalue weighted by atomic mass is 19.1. The molecule has 1 aromatic carbocycles. The molecule has 1 aliphatic rings. The third-order valence-corrected chi connectivity index (χ3v) is 3.36. The Labute approximate surface area is 113 Å². The molecule has 0 radical (unpaired) electrons. The van der Waals surface area contributed by atoms with Gasteiger partial charge in [-0.2, -0.15) is 0 Å². The van der Waals surface area contributed by atoms with Crippen molar-refractivity contribution in [2.24, 2.45) is 0 Å². The van der Waals surface area contributed by atoms with Crippen LogP contribution in [0.4, 0.5) is 4.39 Å². The molecule has 0 atom stereocenters. The molecule has 0 amide bonds. The van der Waals surface area contributed by atoms with Gasteiger partial charge in [0.25, 0.3) is 0 Å². The average molecular weight is 262 g/mol. The van der Waals surface area contributed by atoms with Crippen LogP contribution in [-0.2, 0) is 6.54 Å². The van der Waals surface area contributed by atoms with Gasteiger partial charge in [0, 0.05) is 38.3 Å². The van der Waals surface area contributed by atoms with Gasteiger partial charge in [0.15, 0.2) is 0 Å². The highest BCUT2D eigenvalue weighted by Gasteiger charge is 2.15. The summed E-state index contributed by atoms with van der Waals surface area (Å²) in [6.07, 6.45) is 0. The molecule has 2 rings (SSSR count). The van der Waals surface area contributed by atoms with Gasteiger partial charge in [-0.15, -0.1) is 0 Å². The summed E-state index contributed by atoms with van der Waals surface area (Å²) in [5.74, 6) is 5.13. The average Bonchev–Trinajstić information content (AvgIpc) is 2.41. The van der Waals surface area contributed by atoms with E-state index in [0.717, 1.165) is 38.3 Å².